The van der Waals surface area contributed by atoms with Gasteiger partial charge in [0, 0.05) is 15.1 Å². The summed E-state index contributed by atoms with van der Waals surface area (Å²) in [5.41, 5.74) is 1.73. The van der Waals surface area contributed by atoms with E-state index >= 15 is 0 Å². The first-order valence-corrected chi connectivity index (χ1v) is 6.15. The molecule has 1 aromatic heterocycles. The van der Waals surface area contributed by atoms with E-state index in [2.05, 4.69) is 43.0 Å². The second-order valence-electron chi connectivity index (χ2n) is 3.21. The average Bonchev–Trinajstić information content (AvgIpc) is 2.65. The second kappa shape index (κ2) is 4.81. The molecule has 0 saturated heterocycles. The van der Waals surface area contributed by atoms with Crippen LogP contribution in [0.4, 0.5) is 0 Å². The molecule has 80 valence electrons. The molecule has 0 aliphatic rings. The van der Waals surface area contributed by atoms with Gasteiger partial charge in [-0.1, -0.05) is 31.9 Å². The summed E-state index contributed by atoms with van der Waals surface area (Å²) in [6.45, 7) is 0. The summed E-state index contributed by atoms with van der Waals surface area (Å²) in [5.74, 6) is 0. The van der Waals surface area contributed by atoms with E-state index < -0.39 is 0 Å². The number of nitrogens with zero attached hydrogens (tertiary/aromatic N) is 3. The monoisotopic (exact) mass is 339 g/mol. The Morgan fingerprint density at radius 2 is 1.94 bits per heavy atom. The Labute approximate surface area is 110 Å². The molecule has 0 unspecified atom stereocenters. The molecule has 1 aromatic carbocycles. The van der Waals surface area contributed by atoms with Crippen molar-refractivity contribution in [2.24, 2.45) is 0 Å². The first-order valence-electron chi connectivity index (χ1n) is 4.57. The Morgan fingerprint density at radius 3 is 2.56 bits per heavy atom. The Kier molecular flexibility index (Phi) is 3.42. The summed E-state index contributed by atoms with van der Waals surface area (Å²) in [6.07, 6.45) is 2.18. The van der Waals surface area contributed by atoms with Crippen LogP contribution in [0, 0.1) is 11.3 Å². The van der Waals surface area contributed by atoms with Gasteiger partial charge in [-0.25, -0.2) is 4.68 Å². The lowest BCUT2D eigenvalue weighted by atomic mass is 10.3. The van der Waals surface area contributed by atoms with E-state index in [0.29, 0.717) is 6.42 Å². The zero-order valence-electron chi connectivity index (χ0n) is 8.19. The van der Waals surface area contributed by atoms with Crippen molar-refractivity contribution in [2.75, 3.05) is 0 Å². The van der Waals surface area contributed by atoms with E-state index in [4.69, 9.17) is 5.26 Å². The van der Waals surface area contributed by atoms with Gasteiger partial charge in [0.15, 0.2) is 0 Å². The standard InChI is InChI=1S/C11H7Br2N3/c12-8-5-9(13)7-11(6-8)16-4-2-10(15-16)1-3-14/h2,4-7H,1H2. The number of halogens is 2. The summed E-state index contributed by atoms with van der Waals surface area (Å²) in [5, 5.41) is 12.9. The SMILES string of the molecule is N#CCc1ccn(-c2cc(Br)cc(Br)c2)n1. The van der Waals surface area contributed by atoms with E-state index in [9.17, 15) is 0 Å². The molecule has 0 aliphatic heterocycles. The molecule has 0 amide bonds. The minimum atomic E-state index is 0.335. The molecule has 3 nitrogen and oxygen atoms in total. The summed E-state index contributed by atoms with van der Waals surface area (Å²) < 4.78 is 3.71. The summed E-state index contributed by atoms with van der Waals surface area (Å²) in [6, 6.07) is 9.82. The number of nitriles is 1. The number of hydrogen-bond donors (Lipinski definition) is 0. The Bertz CT molecular complexity index is 534. The smallest absolute Gasteiger partial charge is 0.0793 e. The predicted molar refractivity (Wildman–Crippen MR) is 68.3 cm³/mol. The van der Waals surface area contributed by atoms with Crippen LogP contribution < -0.4 is 0 Å². The number of benzene rings is 1. The largest absolute Gasteiger partial charge is 0.241 e. The van der Waals surface area contributed by atoms with Gasteiger partial charge in [0.05, 0.1) is 23.9 Å². The zero-order valence-corrected chi connectivity index (χ0v) is 11.4. The molecule has 0 saturated carbocycles. The van der Waals surface area contributed by atoms with Crippen LogP contribution in [-0.2, 0) is 6.42 Å². The second-order valence-corrected chi connectivity index (χ2v) is 5.05. The fourth-order valence-corrected chi connectivity index (χ4v) is 2.62. The van der Waals surface area contributed by atoms with Crippen LogP contribution in [0.5, 0.6) is 0 Å². The maximum atomic E-state index is 8.57. The van der Waals surface area contributed by atoms with Crippen LogP contribution >= 0.6 is 31.9 Å². The molecule has 0 spiro atoms. The lowest BCUT2D eigenvalue weighted by Crippen LogP contribution is -1.96. The van der Waals surface area contributed by atoms with Crippen molar-refractivity contribution in [1.82, 2.24) is 9.78 Å². The van der Waals surface area contributed by atoms with Crippen molar-refractivity contribution in [1.29, 1.82) is 5.26 Å². The van der Waals surface area contributed by atoms with Gasteiger partial charge in [-0.15, -0.1) is 0 Å². The third-order valence-corrected chi connectivity index (χ3v) is 2.93. The zero-order chi connectivity index (χ0) is 11.5. The van der Waals surface area contributed by atoms with Gasteiger partial charge in [-0.05, 0) is 24.3 Å². The molecular formula is C11H7Br2N3. The van der Waals surface area contributed by atoms with E-state index in [1.165, 1.54) is 0 Å². The van der Waals surface area contributed by atoms with Crippen molar-refractivity contribution in [3.63, 3.8) is 0 Å². The van der Waals surface area contributed by atoms with Gasteiger partial charge in [0.25, 0.3) is 0 Å². The highest BCUT2D eigenvalue weighted by atomic mass is 79.9. The molecule has 0 bridgehead atoms. The van der Waals surface area contributed by atoms with E-state index in [-0.39, 0.29) is 0 Å². The molecule has 0 atom stereocenters. The van der Waals surface area contributed by atoms with Crippen LogP contribution in [0.2, 0.25) is 0 Å². The number of rotatable bonds is 2. The van der Waals surface area contributed by atoms with Crippen molar-refractivity contribution in [3.8, 4) is 11.8 Å². The highest BCUT2D eigenvalue weighted by Crippen LogP contribution is 2.22. The molecular weight excluding hydrogens is 334 g/mol. The van der Waals surface area contributed by atoms with Gasteiger partial charge in [0.1, 0.15) is 0 Å². The Hall–Kier alpha value is -1.12. The van der Waals surface area contributed by atoms with Crippen molar-refractivity contribution < 1.29 is 0 Å². The van der Waals surface area contributed by atoms with E-state index in [1.807, 2.05) is 30.5 Å². The van der Waals surface area contributed by atoms with Gasteiger partial charge in [-0.3, -0.25) is 0 Å². The Balaban J connectivity index is 2.39. The normalized spacial score (nSPS) is 10.1. The average molecular weight is 341 g/mol. The third-order valence-electron chi connectivity index (χ3n) is 2.02. The molecule has 0 N–H and O–H groups in total. The van der Waals surface area contributed by atoms with Crippen LogP contribution in [0.3, 0.4) is 0 Å². The fraction of sp³-hybridized carbons (Fsp3) is 0.0909. The minimum absolute atomic E-state index is 0.335. The van der Waals surface area contributed by atoms with Crippen LogP contribution in [0.15, 0.2) is 39.4 Å². The summed E-state index contributed by atoms with van der Waals surface area (Å²) >= 11 is 6.85. The van der Waals surface area contributed by atoms with Gasteiger partial charge in [-0.2, -0.15) is 10.4 Å². The number of hydrogen-bond acceptors (Lipinski definition) is 2. The summed E-state index contributed by atoms with van der Waals surface area (Å²) in [4.78, 5) is 0. The molecule has 16 heavy (non-hydrogen) atoms. The van der Waals surface area contributed by atoms with E-state index in [0.717, 1.165) is 20.3 Å². The molecule has 0 radical (unpaired) electrons. The molecule has 5 heteroatoms. The highest BCUT2D eigenvalue weighted by molar-refractivity contribution is 9.11. The van der Waals surface area contributed by atoms with Crippen molar-refractivity contribution >= 4 is 31.9 Å². The van der Waals surface area contributed by atoms with Gasteiger partial charge < -0.3 is 0 Å². The number of aromatic nitrogens is 2. The Morgan fingerprint density at radius 1 is 1.25 bits per heavy atom. The lowest BCUT2D eigenvalue weighted by molar-refractivity contribution is 0.852. The maximum absolute atomic E-state index is 8.57. The topological polar surface area (TPSA) is 41.6 Å². The summed E-state index contributed by atoms with van der Waals surface area (Å²) in [7, 11) is 0. The maximum Gasteiger partial charge on any atom is 0.0793 e. The predicted octanol–water partition coefficient (Wildman–Crippen LogP) is 3.46. The first-order chi connectivity index (χ1) is 7.69. The molecule has 0 aliphatic carbocycles. The van der Waals surface area contributed by atoms with Crippen molar-refractivity contribution in [2.45, 2.75) is 6.42 Å². The van der Waals surface area contributed by atoms with Crippen LogP contribution in [-0.4, -0.2) is 9.78 Å². The molecule has 2 rings (SSSR count). The van der Waals surface area contributed by atoms with Gasteiger partial charge in [0.2, 0.25) is 0 Å². The lowest BCUT2D eigenvalue weighted by Gasteiger charge is -2.03. The highest BCUT2D eigenvalue weighted by Gasteiger charge is 2.02. The van der Waals surface area contributed by atoms with Crippen molar-refractivity contribution in [3.05, 3.63) is 45.1 Å². The third kappa shape index (κ3) is 2.52. The quantitative estimate of drug-likeness (QED) is 0.840. The fourth-order valence-electron chi connectivity index (χ4n) is 1.35. The first kappa shape index (κ1) is 11.4. The van der Waals surface area contributed by atoms with E-state index in [1.54, 1.807) is 4.68 Å². The van der Waals surface area contributed by atoms with Gasteiger partial charge >= 0.3 is 0 Å². The molecule has 1 heterocycles. The molecule has 2 aromatic rings. The molecule has 0 fully saturated rings. The minimum Gasteiger partial charge on any atom is -0.241 e. The van der Waals surface area contributed by atoms with Crippen LogP contribution in [0.25, 0.3) is 5.69 Å². The van der Waals surface area contributed by atoms with Crippen LogP contribution in [0.1, 0.15) is 5.69 Å².